The zero-order chi connectivity index (χ0) is 15.5. The first-order chi connectivity index (χ1) is 10.7. The number of halogens is 1. The van der Waals surface area contributed by atoms with E-state index >= 15 is 0 Å². The van der Waals surface area contributed by atoms with Gasteiger partial charge >= 0.3 is 0 Å². The first kappa shape index (κ1) is 13.8. The number of nitrogens with one attached hydrogen (secondary N) is 2. The molecule has 6 heteroatoms. The fourth-order valence-electron chi connectivity index (χ4n) is 2.31. The van der Waals surface area contributed by atoms with E-state index in [0.717, 1.165) is 11.3 Å². The summed E-state index contributed by atoms with van der Waals surface area (Å²) in [6.07, 6.45) is 3.70. The van der Waals surface area contributed by atoms with Crippen LogP contribution in [0.2, 0.25) is 0 Å². The summed E-state index contributed by atoms with van der Waals surface area (Å²) < 4.78 is 12.9. The van der Waals surface area contributed by atoms with Crippen LogP contribution >= 0.6 is 0 Å². The average Bonchev–Trinajstić information content (AvgIpc) is 2.92. The van der Waals surface area contributed by atoms with E-state index in [-0.39, 0.29) is 5.82 Å². The monoisotopic (exact) mass is 294 g/mol. The Morgan fingerprint density at radius 3 is 2.82 bits per heavy atom. The minimum absolute atomic E-state index is 0.280. The van der Waals surface area contributed by atoms with Crippen molar-refractivity contribution in [3.63, 3.8) is 0 Å². The van der Waals surface area contributed by atoms with E-state index in [2.05, 4.69) is 15.3 Å². The second kappa shape index (κ2) is 5.66. The van der Waals surface area contributed by atoms with Crippen molar-refractivity contribution in [2.45, 2.75) is 6.42 Å². The van der Waals surface area contributed by atoms with Gasteiger partial charge < -0.3 is 4.98 Å². The van der Waals surface area contributed by atoms with E-state index in [1.165, 1.54) is 18.3 Å². The Balaban J connectivity index is 1.96. The molecule has 108 valence electrons. The van der Waals surface area contributed by atoms with Crippen molar-refractivity contribution in [2.75, 3.05) is 0 Å². The van der Waals surface area contributed by atoms with Crippen molar-refractivity contribution in [3.8, 4) is 6.19 Å². The minimum Gasteiger partial charge on any atom is -0.356 e. The largest absolute Gasteiger partial charge is 0.356 e. The number of amides is 1. The molecule has 2 aromatic heterocycles. The number of H-pyrrole nitrogens is 1. The molecular formula is C16H11FN4O. The molecule has 2 N–H and O–H groups in total. The summed E-state index contributed by atoms with van der Waals surface area (Å²) in [5, 5.41) is 10.7. The number of nitriles is 1. The number of rotatable bonds is 3. The molecule has 0 aliphatic heterocycles. The Morgan fingerprint density at radius 2 is 2.09 bits per heavy atom. The summed E-state index contributed by atoms with van der Waals surface area (Å²) >= 11 is 0. The Morgan fingerprint density at radius 1 is 1.32 bits per heavy atom. The van der Waals surface area contributed by atoms with Gasteiger partial charge in [-0.25, -0.2) is 4.39 Å². The number of hydrogen-bond acceptors (Lipinski definition) is 3. The molecule has 0 radical (unpaired) electrons. The SMILES string of the molecule is N#CNC(=O)c1ccnc2cc(Cc3ccc(F)cc3)[nH]c12. The zero-order valence-electron chi connectivity index (χ0n) is 11.4. The maximum absolute atomic E-state index is 12.9. The summed E-state index contributed by atoms with van der Waals surface area (Å²) in [5.41, 5.74) is 3.37. The second-order valence-electron chi connectivity index (χ2n) is 4.78. The molecule has 2 heterocycles. The van der Waals surface area contributed by atoms with Gasteiger partial charge in [0.1, 0.15) is 5.82 Å². The van der Waals surface area contributed by atoms with Crippen molar-refractivity contribution in [1.29, 1.82) is 5.26 Å². The normalized spacial score (nSPS) is 10.4. The third-order valence-electron chi connectivity index (χ3n) is 3.30. The minimum atomic E-state index is -0.481. The molecule has 0 fully saturated rings. The van der Waals surface area contributed by atoms with Gasteiger partial charge in [-0.15, -0.1) is 0 Å². The number of hydrogen-bond donors (Lipinski definition) is 2. The predicted molar refractivity (Wildman–Crippen MR) is 78.4 cm³/mol. The number of nitrogens with zero attached hydrogens (tertiary/aromatic N) is 2. The lowest BCUT2D eigenvalue weighted by Gasteiger charge is -2.00. The molecule has 3 rings (SSSR count). The van der Waals surface area contributed by atoms with Crippen molar-refractivity contribution in [3.05, 3.63) is 65.2 Å². The summed E-state index contributed by atoms with van der Waals surface area (Å²) in [6, 6.07) is 9.61. The van der Waals surface area contributed by atoms with Gasteiger partial charge in [0.05, 0.1) is 16.6 Å². The van der Waals surface area contributed by atoms with Crippen molar-refractivity contribution >= 4 is 16.9 Å². The fourth-order valence-corrected chi connectivity index (χ4v) is 2.31. The summed E-state index contributed by atoms with van der Waals surface area (Å²) in [5.74, 6) is -0.761. The smallest absolute Gasteiger partial charge is 0.266 e. The molecule has 0 saturated heterocycles. The highest BCUT2D eigenvalue weighted by Gasteiger charge is 2.13. The molecule has 0 unspecified atom stereocenters. The average molecular weight is 294 g/mol. The molecule has 1 amide bonds. The van der Waals surface area contributed by atoms with E-state index in [1.807, 2.05) is 6.07 Å². The van der Waals surface area contributed by atoms with Crippen LogP contribution in [0.1, 0.15) is 21.6 Å². The van der Waals surface area contributed by atoms with Crippen LogP contribution in [-0.4, -0.2) is 15.9 Å². The fraction of sp³-hybridized carbons (Fsp3) is 0.0625. The number of carbonyl (C=O) groups excluding carboxylic acids is 1. The lowest BCUT2D eigenvalue weighted by atomic mass is 10.1. The highest BCUT2D eigenvalue weighted by Crippen LogP contribution is 2.19. The Bertz CT molecular complexity index is 877. The first-order valence-electron chi connectivity index (χ1n) is 6.58. The number of aromatic amines is 1. The van der Waals surface area contributed by atoms with E-state index in [0.29, 0.717) is 23.0 Å². The van der Waals surface area contributed by atoms with Crippen molar-refractivity contribution < 1.29 is 9.18 Å². The Hall–Kier alpha value is -3.20. The van der Waals surface area contributed by atoms with Crippen LogP contribution in [0.15, 0.2) is 42.6 Å². The first-order valence-corrected chi connectivity index (χ1v) is 6.58. The maximum Gasteiger partial charge on any atom is 0.266 e. The molecule has 3 aromatic rings. The van der Waals surface area contributed by atoms with Gasteiger partial charge in [-0.05, 0) is 29.8 Å². The van der Waals surface area contributed by atoms with Gasteiger partial charge in [-0.2, -0.15) is 5.26 Å². The topological polar surface area (TPSA) is 81.6 Å². The predicted octanol–water partition coefficient (Wildman–Crippen LogP) is 2.50. The van der Waals surface area contributed by atoms with Crippen LogP contribution in [0.5, 0.6) is 0 Å². The second-order valence-corrected chi connectivity index (χ2v) is 4.78. The van der Waals surface area contributed by atoms with Crippen LogP contribution in [0.4, 0.5) is 4.39 Å². The Kier molecular flexibility index (Phi) is 3.54. The molecule has 22 heavy (non-hydrogen) atoms. The number of benzene rings is 1. The van der Waals surface area contributed by atoms with E-state index in [4.69, 9.17) is 5.26 Å². The van der Waals surface area contributed by atoms with Gasteiger partial charge in [0, 0.05) is 18.3 Å². The van der Waals surface area contributed by atoms with E-state index in [9.17, 15) is 9.18 Å². The van der Waals surface area contributed by atoms with Crippen molar-refractivity contribution in [1.82, 2.24) is 15.3 Å². The van der Waals surface area contributed by atoms with Crippen LogP contribution in [0, 0.1) is 17.3 Å². The van der Waals surface area contributed by atoms with Gasteiger partial charge in [0.25, 0.3) is 5.91 Å². The zero-order valence-corrected chi connectivity index (χ0v) is 11.4. The molecule has 0 spiro atoms. The highest BCUT2D eigenvalue weighted by atomic mass is 19.1. The third-order valence-corrected chi connectivity index (χ3v) is 3.30. The highest BCUT2D eigenvalue weighted by molar-refractivity contribution is 6.05. The number of pyridine rings is 1. The Labute approximate surface area is 125 Å². The molecule has 0 aliphatic carbocycles. The van der Waals surface area contributed by atoms with Gasteiger partial charge in [-0.3, -0.25) is 15.1 Å². The summed E-state index contributed by atoms with van der Waals surface area (Å²) in [4.78, 5) is 19.2. The van der Waals surface area contributed by atoms with Gasteiger partial charge in [-0.1, -0.05) is 12.1 Å². The molecule has 5 nitrogen and oxygen atoms in total. The summed E-state index contributed by atoms with van der Waals surface area (Å²) in [7, 11) is 0. The number of aromatic nitrogens is 2. The molecule has 0 saturated carbocycles. The van der Waals surface area contributed by atoms with Crippen LogP contribution in [-0.2, 0) is 6.42 Å². The van der Waals surface area contributed by atoms with E-state index in [1.54, 1.807) is 24.4 Å². The van der Waals surface area contributed by atoms with Gasteiger partial charge in [0.2, 0.25) is 0 Å². The molecule has 1 aromatic carbocycles. The van der Waals surface area contributed by atoms with E-state index < -0.39 is 5.91 Å². The lowest BCUT2D eigenvalue weighted by molar-refractivity contribution is 0.0974. The van der Waals surface area contributed by atoms with Crippen LogP contribution < -0.4 is 5.32 Å². The van der Waals surface area contributed by atoms with Gasteiger partial charge in [0.15, 0.2) is 6.19 Å². The third kappa shape index (κ3) is 2.65. The van der Waals surface area contributed by atoms with Crippen molar-refractivity contribution in [2.24, 2.45) is 0 Å². The molecule has 0 bridgehead atoms. The van der Waals surface area contributed by atoms with Crippen LogP contribution in [0.3, 0.4) is 0 Å². The number of fused-ring (bicyclic) bond motifs is 1. The quantitative estimate of drug-likeness (QED) is 0.575. The standard InChI is InChI=1S/C16H11FN4O/c17-11-3-1-10(2-4-11)7-12-8-14-15(21-12)13(5-6-19-14)16(22)20-9-18/h1-6,8,21H,7H2,(H,20,22). The number of carbonyl (C=O) groups is 1. The molecule has 0 atom stereocenters. The maximum atomic E-state index is 12.9. The molecule has 0 aliphatic rings. The molecular weight excluding hydrogens is 283 g/mol. The lowest BCUT2D eigenvalue weighted by Crippen LogP contribution is -2.17. The summed E-state index contributed by atoms with van der Waals surface area (Å²) in [6.45, 7) is 0. The van der Waals surface area contributed by atoms with Crippen LogP contribution in [0.25, 0.3) is 11.0 Å².